The fraction of sp³-hybridized carbons (Fsp3) is 0.133. The lowest BCUT2D eigenvalue weighted by atomic mass is 10.0. The Bertz CT molecular complexity index is 620. The monoisotopic (exact) mass is 337 g/mol. The molecule has 98 valence electrons. The molecule has 0 fully saturated rings. The van der Waals surface area contributed by atoms with Crippen molar-refractivity contribution < 1.29 is 4.79 Å². The van der Waals surface area contributed by atoms with Gasteiger partial charge in [0.05, 0.1) is 15.2 Å². The predicted molar refractivity (Wildman–Crippen MR) is 83.0 cm³/mol. The first-order chi connectivity index (χ1) is 9.00. The molecule has 0 spiro atoms. The Morgan fingerprint density at radius 1 is 1.11 bits per heavy atom. The average Bonchev–Trinajstić information content (AvgIpc) is 2.35. The van der Waals surface area contributed by atoms with Crippen molar-refractivity contribution in [2.75, 3.05) is 5.32 Å². The van der Waals surface area contributed by atoms with E-state index in [2.05, 4.69) is 21.2 Å². The van der Waals surface area contributed by atoms with Crippen LogP contribution >= 0.6 is 27.5 Å². The molecule has 2 aromatic carbocycles. The third-order valence-electron chi connectivity index (χ3n) is 2.91. The molecule has 2 aromatic rings. The van der Waals surface area contributed by atoms with Crippen molar-refractivity contribution in [3.05, 3.63) is 62.6 Å². The summed E-state index contributed by atoms with van der Waals surface area (Å²) in [5.74, 6) is -0.126. The maximum atomic E-state index is 12.3. The number of nitrogens with one attached hydrogen (secondary N) is 1. The average molecular weight is 339 g/mol. The predicted octanol–water partition coefficient (Wildman–Crippen LogP) is 4.97. The highest BCUT2D eigenvalue weighted by Gasteiger charge is 2.13. The Morgan fingerprint density at radius 2 is 1.68 bits per heavy atom. The number of aryl methyl sites for hydroxylation is 2. The number of benzene rings is 2. The van der Waals surface area contributed by atoms with Crippen LogP contribution in [0, 0.1) is 13.8 Å². The van der Waals surface area contributed by atoms with Gasteiger partial charge in [0, 0.05) is 5.56 Å². The minimum atomic E-state index is -0.126. The van der Waals surface area contributed by atoms with Gasteiger partial charge in [-0.3, -0.25) is 4.79 Å². The highest BCUT2D eigenvalue weighted by Crippen LogP contribution is 2.30. The largest absolute Gasteiger partial charge is 0.321 e. The van der Waals surface area contributed by atoms with Gasteiger partial charge in [-0.05, 0) is 53.0 Å². The molecule has 0 unspecified atom stereocenters. The first-order valence-electron chi connectivity index (χ1n) is 5.82. The minimum Gasteiger partial charge on any atom is -0.321 e. The lowest BCUT2D eigenvalue weighted by molar-refractivity contribution is 0.102. The number of carbonyl (C=O) groups is 1. The molecule has 0 aliphatic rings. The molecular weight excluding hydrogens is 326 g/mol. The quantitative estimate of drug-likeness (QED) is 0.823. The number of anilines is 1. The Labute approximate surface area is 125 Å². The first kappa shape index (κ1) is 14.1. The zero-order chi connectivity index (χ0) is 14.0. The molecule has 2 nitrogen and oxygen atoms in total. The summed E-state index contributed by atoms with van der Waals surface area (Å²) in [6, 6.07) is 11.2. The number of hydrogen-bond acceptors (Lipinski definition) is 1. The molecule has 0 aliphatic carbocycles. The number of halogens is 2. The van der Waals surface area contributed by atoms with Crippen molar-refractivity contribution in [3.63, 3.8) is 0 Å². The maximum absolute atomic E-state index is 12.3. The van der Waals surface area contributed by atoms with Crippen molar-refractivity contribution in [1.29, 1.82) is 0 Å². The van der Waals surface area contributed by atoms with Gasteiger partial charge in [-0.25, -0.2) is 0 Å². The van der Waals surface area contributed by atoms with Crippen LogP contribution in [-0.2, 0) is 0 Å². The van der Waals surface area contributed by atoms with Crippen molar-refractivity contribution in [3.8, 4) is 0 Å². The van der Waals surface area contributed by atoms with E-state index in [1.807, 2.05) is 38.1 Å². The summed E-state index contributed by atoms with van der Waals surface area (Å²) in [6.07, 6.45) is 0. The molecule has 0 saturated heterocycles. The van der Waals surface area contributed by atoms with Gasteiger partial charge in [0.25, 0.3) is 5.91 Å². The van der Waals surface area contributed by atoms with Gasteiger partial charge < -0.3 is 5.32 Å². The summed E-state index contributed by atoms with van der Waals surface area (Å²) in [4.78, 5) is 12.3. The van der Waals surface area contributed by atoms with Crippen molar-refractivity contribution in [2.24, 2.45) is 0 Å². The zero-order valence-electron chi connectivity index (χ0n) is 10.6. The fourth-order valence-corrected chi connectivity index (χ4v) is 2.50. The van der Waals surface area contributed by atoms with Gasteiger partial charge in [-0.15, -0.1) is 0 Å². The Kier molecular flexibility index (Phi) is 4.27. The molecular formula is C15H13BrClNO. The number of rotatable bonds is 2. The third-order valence-corrected chi connectivity index (χ3v) is 4.31. The van der Waals surface area contributed by atoms with Gasteiger partial charge in [0.1, 0.15) is 0 Å². The minimum absolute atomic E-state index is 0.126. The highest BCUT2D eigenvalue weighted by atomic mass is 79.9. The summed E-state index contributed by atoms with van der Waals surface area (Å²) in [6.45, 7) is 3.85. The zero-order valence-corrected chi connectivity index (χ0v) is 13.0. The molecule has 0 atom stereocenters. The second-order valence-electron chi connectivity index (χ2n) is 4.32. The van der Waals surface area contributed by atoms with Gasteiger partial charge in [-0.1, -0.05) is 35.9 Å². The van der Waals surface area contributed by atoms with Crippen molar-refractivity contribution in [1.82, 2.24) is 0 Å². The van der Waals surface area contributed by atoms with E-state index in [-0.39, 0.29) is 5.91 Å². The first-order valence-corrected chi connectivity index (χ1v) is 6.99. The fourth-order valence-electron chi connectivity index (χ4n) is 1.96. The van der Waals surface area contributed by atoms with Crippen LogP contribution in [0.5, 0.6) is 0 Å². The van der Waals surface area contributed by atoms with Crippen LogP contribution in [0.4, 0.5) is 5.69 Å². The lowest BCUT2D eigenvalue weighted by Crippen LogP contribution is -2.15. The molecule has 4 heteroatoms. The van der Waals surface area contributed by atoms with E-state index in [1.54, 1.807) is 12.1 Å². The lowest BCUT2D eigenvalue weighted by Gasteiger charge is -2.12. The van der Waals surface area contributed by atoms with Gasteiger partial charge in [-0.2, -0.15) is 0 Å². The number of hydrogen-bond donors (Lipinski definition) is 1. The second-order valence-corrected chi connectivity index (χ2v) is 5.52. The highest BCUT2D eigenvalue weighted by molar-refractivity contribution is 9.10. The molecule has 0 bridgehead atoms. The van der Waals surface area contributed by atoms with E-state index < -0.39 is 0 Å². The smallest absolute Gasteiger partial charge is 0.256 e. The van der Waals surface area contributed by atoms with Crippen LogP contribution in [0.3, 0.4) is 0 Å². The van der Waals surface area contributed by atoms with Crippen molar-refractivity contribution in [2.45, 2.75) is 13.8 Å². The van der Waals surface area contributed by atoms with Crippen LogP contribution in [-0.4, -0.2) is 5.91 Å². The third kappa shape index (κ3) is 2.99. The summed E-state index contributed by atoms with van der Waals surface area (Å²) in [7, 11) is 0. The number of amides is 1. The molecule has 0 saturated carbocycles. The molecule has 19 heavy (non-hydrogen) atoms. The van der Waals surface area contributed by atoms with Crippen LogP contribution in [0.2, 0.25) is 5.02 Å². The molecule has 0 aromatic heterocycles. The summed E-state index contributed by atoms with van der Waals surface area (Å²) < 4.78 is 0.691. The molecule has 2 rings (SSSR count). The molecule has 0 radical (unpaired) electrons. The summed E-state index contributed by atoms with van der Waals surface area (Å²) in [5, 5.41) is 3.45. The Morgan fingerprint density at radius 3 is 2.32 bits per heavy atom. The van der Waals surface area contributed by atoms with E-state index in [4.69, 9.17) is 11.6 Å². The topological polar surface area (TPSA) is 29.1 Å². The number of carbonyl (C=O) groups excluding carboxylic acids is 1. The summed E-state index contributed by atoms with van der Waals surface area (Å²) >= 11 is 9.38. The second kappa shape index (κ2) is 5.76. The molecule has 1 amide bonds. The SMILES string of the molecule is Cc1cccc(C)c1C(=O)Nc1cccc(Cl)c1Br. The van der Waals surface area contributed by atoms with Gasteiger partial charge in [0.2, 0.25) is 0 Å². The van der Waals surface area contributed by atoms with Crippen LogP contribution in [0.25, 0.3) is 0 Å². The van der Waals surface area contributed by atoms with Crippen LogP contribution in [0.1, 0.15) is 21.5 Å². The molecule has 1 N–H and O–H groups in total. The van der Waals surface area contributed by atoms with Gasteiger partial charge in [0.15, 0.2) is 0 Å². The summed E-state index contributed by atoms with van der Waals surface area (Å²) in [5.41, 5.74) is 3.28. The standard InChI is InChI=1S/C15H13BrClNO/c1-9-5-3-6-10(2)13(9)15(19)18-12-8-4-7-11(17)14(12)16/h3-8H,1-2H3,(H,18,19). The van der Waals surface area contributed by atoms with Gasteiger partial charge >= 0.3 is 0 Å². The van der Waals surface area contributed by atoms with E-state index in [1.165, 1.54) is 0 Å². The van der Waals surface area contributed by atoms with Crippen LogP contribution < -0.4 is 5.32 Å². The van der Waals surface area contributed by atoms with E-state index >= 15 is 0 Å². The van der Waals surface area contributed by atoms with E-state index in [0.717, 1.165) is 11.1 Å². The van der Waals surface area contributed by atoms with E-state index in [0.29, 0.717) is 20.7 Å². The molecule has 0 aliphatic heterocycles. The maximum Gasteiger partial charge on any atom is 0.256 e. The Hall–Kier alpha value is -1.32. The molecule has 0 heterocycles. The van der Waals surface area contributed by atoms with Crippen LogP contribution in [0.15, 0.2) is 40.9 Å². The van der Waals surface area contributed by atoms with Crippen molar-refractivity contribution >= 4 is 39.1 Å². The normalized spacial score (nSPS) is 10.3. The van der Waals surface area contributed by atoms with E-state index in [9.17, 15) is 4.79 Å². The Balaban J connectivity index is 2.34.